The van der Waals surface area contributed by atoms with Crippen LogP contribution in [-0.4, -0.2) is 5.78 Å². The number of hydrogen-bond acceptors (Lipinski definition) is 1. The Bertz CT molecular complexity index is 180. The summed E-state index contributed by atoms with van der Waals surface area (Å²) < 4.78 is 0. The topological polar surface area (TPSA) is 17.1 Å². The maximum atomic E-state index is 11.3. The Morgan fingerprint density at radius 1 is 0.700 bits per heavy atom. The van der Waals surface area contributed by atoms with Crippen molar-refractivity contribution in [2.24, 2.45) is 5.92 Å². The lowest BCUT2D eigenvalue weighted by Gasteiger charge is -2.03. The Hall–Kier alpha value is -0.330. The highest BCUT2D eigenvalue weighted by Crippen LogP contribution is 2.09. The predicted octanol–water partition coefficient (Wildman–Crippen LogP) is 6.94. The number of carbonyl (C=O) groups is 1. The molecule has 0 radical (unpaired) electrons. The molecule has 0 bridgehead atoms. The Balaban J connectivity index is 0. The van der Waals surface area contributed by atoms with Gasteiger partial charge in [-0.15, -0.1) is 0 Å². The average Bonchev–Trinajstić information content (AvgIpc) is 2.39. The molecule has 0 amide bonds. The van der Waals surface area contributed by atoms with Gasteiger partial charge in [-0.05, 0) is 12.3 Å². The fourth-order valence-corrected chi connectivity index (χ4v) is 2.16. The molecule has 0 aromatic rings. The number of unbranched alkanes of at least 4 members (excludes halogenated alkanes) is 8. The Kier molecular flexibility index (Phi) is 20.5. The van der Waals surface area contributed by atoms with Gasteiger partial charge in [-0.25, -0.2) is 0 Å². The molecule has 20 heavy (non-hydrogen) atoms. The fraction of sp³-hybridized carbons (Fsp3) is 0.947. The SMILES string of the molecule is CCCCCCC.CCCCCCCC(=O)CC(C)C. The second kappa shape index (κ2) is 18.7. The van der Waals surface area contributed by atoms with Crippen molar-refractivity contribution in [3.05, 3.63) is 0 Å². The van der Waals surface area contributed by atoms with Crippen LogP contribution in [0.25, 0.3) is 0 Å². The van der Waals surface area contributed by atoms with Crippen LogP contribution in [0.3, 0.4) is 0 Å². The van der Waals surface area contributed by atoms with Crippen LogP contribution in [0.4, 0.5) is 0 Å². The molecule has 0 aromatic carbocycles. The summed E-state index contributed by atoms with van der Waals surface area (Å²) in [4.78, 5) is 11.3. The third-order valence-corrected chi connectivity index (χ3v) is 3.40. The maximum Gasteiger partial charge on any atom is 0.133 e. The Morgan fingerprint density at radius 3 is 1.50 bits per heavy atom. The van der Waals surface area contributed by atoms with Gasteiger partial charge in [-0.1, -0.05) is 92.4 Å². The monoisotopic (exact) mass is 284 g/mol. The molecule has 0 saturated heterocycles. The molecule has 0 aliphatic rings. The third kappa shape index (κ3) is 22.8. The minimum Gasteiger partial charge on any atom is -0.300 e. The van der Waals surface area contributed by atoms with E-state index in [1.54, 1.807) is 0 Å². The molecule has 0 saturated carbocycles. The molecule has 0 N–H and O–H groups in total. The summed E-state index contributed by atoms with van der Waals surface area (Å²) in [6.45, 7) is 10.9. The molecule has 0 aromatic heterocycles. The van der Waals surface area contributed by atoms with Crippen molar-refractivity contribution in [1.29, 1.82) is 0 Å². The summed E-state index contributed by atoms with van der Waals surface area (Å²) in [6, 6.07) is 0. The van der Waals surface area contributed by atoms with Gasteiger partial charge in [0.1, 0.15) is 5.78 Å². The zero-order valence-electron chi connectivity index (χ0n) is 15.0. The summed E-state index contributed by atoms with van der Waals surface area (Å²) in [5, 5.41) is 0. The van der Waals surface area contributed by atoms with E-state index in [2.05, 4.69) is 34.6 Å². The molecule has 0 fully saturated rings. The molecule has 0 atom stereocenters. The second-order valence-corrected chi connectivity index (χ2v) is 6.36. The van der Waals surface area contributed by atoms with E-state index in [-0.39, 0.29) is 0 Å². The van der Waals surface area contributed by atoms with E-state index in [1.165, 1.54) is 57.8 Å². The standard InChI is InChI=1S/C12H24O.C7H16/c1-4-5-6-7-8-9-12(13)10-11(2)3;1-3-5-7-6-4-2/h11H,4-10H2,1-3H3;3-7H2,1-2H3. The van der Waals surface area contributed by atoms with Crippen molar-refractivity contribution < 1.29 is 4.79 Å². The van der Waals surface area contributed by atoms with Gasteiger partial charge in [0.25, 0.3) is 0 Å². The van der Waals surface area contributed by atoms with E-state index in [1.807, 2.05) is 0 Å². The number of rotatable bonds is 12. The lowest BCUT2D eigenvalue weighted by atomic mass is 10.0. The summed E-state index contributed by atoms with van der Waals surface area (Å²) in [5.74, 6) is 0.981. The molecule has 0 aliphatic heterocycles. The van der Waals surface area contributed by atoms with E-state index in [0.717, 1.165) is 19.3 Å². The van der Waals surface area contributed by atoms with E-state index < -0.39 is 0 Å². The van der Waals surface area contributed by atoms with Crippen molar-refractivity contribution in [3.8, 4) is 0 Å². The first-order chi connectivity index (χ1) is 9.58. The van der Waals surface area contributed by atoms with E-state index in [0.29, 0.717) is 11.7 Å². The highest BCUT2D eigenvalue weighted by molar-refractivity contribution is 5.78. The third-order valence-electron chi connectivity index (χ3n) is 3.40. The number of carbonyl (C=O) groups excluding carboxylic acids is 1. The summed E-state index contributed by atoms with van der Waals surface area (Å²) in [7, 11) is 0. The van der Waals surface area contributed by atoms with E-state index in [9.17, 15) is 4.79 Å². The molecule has 1 heteroatoms. The quantitative estimate of drug-likeness (QED) is 0.355. The zero-order valence-corrected chi connectivity index (χ0v) is 15.0. The minimum absolute atomic E-state index is 0.450. The van der Waals surface area contributed by atoms with Crippen molar-refractivity contribution in [1.82, 2.24) is 0 Å². The van der Waals surface area contributed by atoms with Gasteiger partial charge in [0.2, 0.25) is 0 Å². The van der Waals surface area contributed by atoms with Gasteiger partial charge >= 0.3 is 0 Å². The average molecular weight is 285 g/mol. The lowest BCUT2D eigenvalue weighted by Crippen LogP contribution is -2.02. The van der Waals surface area contributed by atoms with Crippen molar-refractivity contribution in [2.75, 3.05) is 0 Å². The fourth-order valence-electron chi connectivity index (χ4n) is 2.16. The van der Waals surface area contributed by atoms with E-state index in [4.69, 9.17) is 0 Å². The van der Waals surface area contributed by atoms with Gasteiger partial charge in [-0.2, -0.15) is 0 Å². The van der Waals surface area contributed by atoms with Crippen LogP contribution in [0.15, 0.2) is 0 Å². The minimum atomic E-state index is 0.450. The summed E-state index contributed by atoms with van der Waals surface area (Å²) in [5.41, 5.74) is 0. The van der Waals surface area contributed by atoms with Crippen LogP contribution >= 0.6 is 0 Å². The largest absolute Gasteiger partial charge is 0.300 e. The highest BCUT2D eigenvalue weighted by Gasteiger charge is 2.03. The number of hydrogen-bond donors (Lipinski definition) is 0. The summed E-state index contributed by atoms with van der Waals surface area (Å²) >= 11 is 0. The van der Waals surface area contributed by atoms with Crippen LogP contribution in [0.5, 0.6) is 0 Å². The molecular formula is C19H40O. The van der Waals surface area contributed by atoms with Gasteiger partial charge in [0.05, 0.1) is 0 Å². The van der Waals surface area contributed by atoms with Gasteiger partial charge in [0, 0.05) is 12.8 Å². The molecule has 0 unspecified atom stereocenters. The van der Waals surface area contributed by atoms with Crippen LogP contribution in [-0.2, 0) is 4.79 Å². The Labute approximate surface area is 128 Å². The molecule has 0 spiro atoms. The maximum absolute atomic E-state index is 11.3. The highest BCUT2D eigenvalue weighted by atomic mass is 16.1. The van der Waals surface area contributed by atoms with Gasteiger partial charge in [0.15, 0.2) is 0 Å². The number of ketones is 1. The van der Waals surface area contributed by atoms with Crippen molar-refractivity contribution in [3.63, 3.8) is 0 Å². The van der Waals surface area contributed by atoms with Gasteiger partial charge < -0.3 is 0 Å². The predicted molar refractivity (Wildman–Crippen MR) is 92.3 cm³/mol. The first-order valence-corrected chi connectivity index (χ1v) is 9.10. The van der Waals surface area contributed by atoms with Crippen LogP contribution < -0.4 is 0 Å². The van der Waals surface area contributed by atoms with Crippen LogP contribution in [0, 0.1) is 5.92 Å². The first kappa shape index (κ1) is 22.0. The Morgan fingerprint density at radius 2 is 1.10 bits per heavy atom. The molecular weight excluding hydrogens is 244 g/mol. The van der Waals surface area contributed by atoms with E-state index >= 15 is 0 Å². The zero-order chi connectivity index (χ0) is 15.6. The first-order valence-electron chi connectivity index (χ1n) is 9.10. The molecule has 122 valence electrons. The number of Topliss-reactive ketones (excluding diaryl/α,β-unsaturated/α-hetero) is 1. The normalized spacial score (nSPS) is 10.3. The van der Waals surface area contributed by atoms with Crippen molar-refractivity contribution in [2.45, 2.75) is 112 Å². The second-order valence-electron chi connectivity index (χ2n) is 6.36. The lowest BCUT2D eigenvalue weighted by molar-refractivity contribution is -0.119. The van der Waals surface area contributed by atoms with Gasteiger partial charge in [-0.3, -0.25) is 4.79 Å². The van der Waals surface area contributed by atoms with Crippen molar-refractivity contribution >= 4 is 5.78 Å². The van der Waals surface area contributed by atoms with Crippen LogP contribution in [0.2, 0.25) is 0 Å². The van der Waals surface area contributed by atoms with Crippen LogP contribution in [0.1, 0.15) is 112 Å². The smallest absolute Gasteiger partial charge is 0.133 e. The molecule has 0 heterocycles. The molecule has 0 aliphatic carbocycles. The molecule has 1 nitrogen and oxygen atoms in total. The summed E-state index contributed by atoms with van der Waals surface area (Å²) in [6.07, 6.45) is 14.8. The molecule has 0 rings (SSSR count).